The van der Waals surface area contributed by atoms with Gasteiger partial charge in [-0.05, 0) is 43.6 Å². The maximum atomic E-state index is 6.26. The van der Waals surface area contributed by atoms with Crippen molar-refractivity contribution in [3.05, 3.63) is 18.2 Å². The molecule has 3 nitrogen and oxygen atoms in total. The highest BCUT2D eigenvalue weighted by molar-refractivity contribution is 7.99. The van der Waals surface area contributed by atoms with Gasteiger partial charge < -0.3 is 10.3 Å². The van der Waals surface area contributed by atoms with E-state index < -0.39 is 0 Å². The molecule has 1 aromatic heterocycles. The molecule has 17 heavy (non-hydrogen) atoms. The normalized spacial score (nSPS) is 19.4. The summed E-state index contributed by atoms with van der Waals surface area (Å²) in [5, 5.41) is 0. The zero-order chi connectivity index (χ0) is 12.1. The standard InChI is InChI=1S/C13H23N3S/c1-2-16-6-5-15-13(16)10-12(14)9-11-3-7-17-8-4-11/h5-6,11-12H,2-4,7-10,14H2,1H3. The first kappa shape index (κ1) is 13.0. The van der Waals surface area contributed by atoms with Gasteiger partial charge in [-0.2, -0.15) is 11.8 Å². The molecule has 1 saturated heterocycles. The molecule has 0 bridgehead atoms. The lowest BCUT2D eigenvalue weighted by molar-refractivity contribution is 0.400. The Labute approximate surface area is 108 Å². The molecule has 1 aliphatic heterocycles. The van der Waals surface area contributed by atoms with Crippen molar-refractivity contribution in [1.29, 1.82) is 0 Å². The van der Waals surface area contributed by atoms with Crippen LogP contribution in [0.3, 0.4) is 0 Å². The zero-order valence-corrected chi connectivity index (χ0v) is 11.5. The lowest BCUT2D eigenvalue weighted by Gasteiger charge is -2.24. The van der Waals surface area contributed by atoms with Gasteiger partial charge in [-0.25, -0.2) is 4.98 Å². The minimum Gasteiger partial charge on any atom is -0.335 e. The van der Waals surface area contributed by atoms with Gasteiger partial charge in [-0.15, -0.1) is 0 Å². The minimum absolute atomic E-state index is 0.274. The number of imidazole rings is 1. The maximum absolute atomic E-state index is 6.26. The van der Waals surface area contributed by atoms with Crippen LogP contribution in [0.2, 0.25) is 0 Å². The van der Waals surface area contributed by atoms with Crippen LogP contribution < -0.4 is 5.73 Å². The predicted molar refractivity (Wildman–Crippen MR) is 74.2 cm³/mol. The van der Waals surface area contributed by atoms with Gasteiger partial charge in [0.15, 0.2) is 0 Å². The molecule has 1 atom stereocenters. The topological polar surface area (TPSA) is 43.8 Å². The second-order valence-corrected chi connectivity index (χ2v) is 6.11. The minimum atomic E-state index is 0.274. The van der Waals surface area contributed by atoms with Crippen LogP contribution in [-0.2, 0) is 13.0 Å². The average Bonchev–Trinajstić information content (AvgIpc) is 2.77. The van der Waals surface area contributed by atoms with E-state index in [1.54, 1.807) is 0 Å². The lowest BCUT2D eigenvalue weighted by atomic mass is 9.93. The van der Waals surface area contributed by atoms with E-state index in [-0.39, 0.29) is 6.04 Å². The molecule has 1 aliphatic rings. The van der Waals surface area contributed by atoms with E-state index in [9.17, 15) is 0 Å². The molecule has 2 heterocycles. The fourth-order valence-electron chi connectivity index (χ4n) is 2.55. The van der Waals surface area contributed by atoms with Crippen molar-refractivity contribution in [2.45, 2.75) is 45.2 Å². The Morgan fingerprint density at radius 3 is 3.00 bits per heavy atom. The molecule has 2 rings (SSSR count). The summed E-state index contributed by atoms with van der Waals surface area (Å²) in [6.45, 7) is 3.14. The smallest absolute Gasteiger partial charge is 0.110 e. The summed E-state index contributed by atoms with van der Waals surface area (Å²) in [6.07, 6.45) is 8.70. The SMILES string of the molecule is CCn1ccnc1CC(N)CC1CCSCC1. The average molecular weight is 253 g/mol. The molecule has 0 spiro atoms. The molecule has 0 aliphatic carbocycles. The first-order valence-corrected chi connectivity index (χ1v) is 7.78. The van der Waals surface area contributed by atoms with Crippen molar-refractivity contribution in [3.8, 4) is 0 Å². The van der Waals surface area contributed by atoms with Crippen LogP contribution in [0.1, 0.15) is 32.0 Å². The number of nitrogens with zero attached hydrogens (tertiary/aromatic N) is 2. The summed E-state index contributed by atoms with van der Waals surface area (Å²) < 4.78 is 2.19. The Morgan fingerprint density at radius 2 is 2.29 bits per heavy atom. The third-order valence-corrected chi connectivity index (χ3v) is 4.61. The molecule has 4 heteroatoms. The molecule has 1 aromatic rings. The highest BCUT2D eigenvalue weighted by Crippen LogP contribution is 2.26. The van der Waals surface area contributed by atoms with Gasteiger partial charge in [-0.3, -0.25) is 0 Å². The summed E-state index contributed by atoms with van der Waals surface area (Å²) in [5.74, 6) is 4.63. The molecule has 0 amide bonds. The van der Waals surface area contributed by atoms with Crippen LogP contribution in [0, 0.1) is 5.92 Å². The fourth-order valence-corrected chi connectivity index (χ4v) is 3.75. The van der Waals surface area contributed by atoms with E-state index in [4.69, 9.17) is 5.73 Å². The largest absolute Gasteiger partial charge is 0.335 e. The molecular weight excluding hydrogens is 230 g/mol. The van der Waals surface area contributed by atoms with Gasteiger partial charge >= 0.3 is 0 Å². The van der Waals surface area contributed by atoms with Crippen molar-refractivity contribution < 1.29 is 0 Å². The highest BCUT2D eigenvalue weighted by Gasteiger charge is 2.18. The lowest BCUT2D eigenvalue weighted by Crippen LogP contribution is -2.28. The highest BCUT2D eigenvalue weighted by atomic mass is 32.2. The summed E-state index contributed by atoms with van der Waals surface area (Å²) in [4.78, 5) is 4.40. The number of hydrogen-bond acceptors (Lipinski definition) is 3. The fraction of sp³-hybridized carbons (Fsp3) is 0.769. The second kappa shape index (κ2) is 6.45. The molecule has 2 N–H and O–H groups in total. The van der Waals surface area contributed by atoms with E-state index in [1.165, 1.54) is 24.3 Å². The van der Waals surface area contributed by atoms with E-state index in [1.807, 2.05) is 12.4 Å². The molecule has 1 unspecified atom stereocenters. The van der Waals surface area contributed by atoms with Gasteiger partial charge in [0.05, 0.1) is 0 Å². The Balaban J connectivity index is 1.82. The number of nitrogens with two attached hydrogens (primary N) is 1. The van der Waals surface area contributed by atoms with Crippen LogP contribution in [0.25, 0.3) is 0 Å². The maximum Gasteiger partial charge on any atom is 0.110 e. The third kappa shape index (κ3) is 3.75. The van der Waals surface area contributed by atoms with E-state index in [2.05, 4.69) is 28.2 Å². The number of thioether (sulfide) groups is 1. The van der Waals surface area contributed by atoms with E-state index in [0.29, 0.717) is 0 Å². The molecule has 0 saturated carbocycles. The molecule has 0 aromatic carbocycles. The van der Waals surface area contributed by atoms with Crippen molar-refractivity contribution >= 4 is 11.8 Å². The monoisotopic (exact) mass is 253 g/mol. The summed E-state index contributed by atoms with van der Waals surface area (Å²) in [5.41, 5.74) is 6.26. The van der Waals surface area contributed by atoms with Crippen LogP contribution in [0.5, 0.6) is 0 Å². The van der Waals surface area contributed by atoms with Gasteiger partial charge in [0.25, 0.3) is 0 Å². The Bertz CT molecular complexity index is 331. The number of aryl methyl sites for hydroxylation is 1. The van der Waals surface area contributed by atoms with Crippen LogP contribution >= 0.6 is 11.8 Å². The Hall–Kier alpha value is -0.480. The van der Waals surface area contributed by atoms with E-state index >= 15 is 0 Å². The molecule has 1 fully saturated rings. The predicted octanol–water partition coefficient (Wildman–Crippen LogP) is 2.31. The first-order valence-electron chi connectivity index (χ1n) is 6.63. The van der Waals surface area contributed by atoms with Crippen molar-refractivity contribution in [3.63, 3.8) is 0 Å². The van der Waals surface area contributed by atoms with Crippen LogP contribution in [0.4, 0.5) is 0 Å². The summed E-state index contributed by atoms with van der Waals surface area (Å²) in [7, 11) is 0. The van der Waals surface area contributed by atoms with Crippen LogP contribution in [0.15, 0.2) is 12.4 Å². The first-order chi connectivity index (χ1) is 8.29. The third-order valence-electron chi connectivity index (χ3n) is 3.56. The van der Waals surface area contributed by atoms with Gasteiger partial charge in [0.1, 0.15) is 5.82 Å². The van der Waals surface area contributed by atoms with Gasteiger partial charge in [0.2, 0.25) is 0 Å². The molecular formula is C13H23N3S. The van der Waals surface area contributed by atoms with Gasteiger partial charge in [0, 0.05) is 31.4 Å². The number of rotatable bonds is 5. The summed E-state index contributed by atoms with van der Waals surface area (Å²) in [6, 6.07) is 0.274. The molecule has 0 radical (unpaired) electrons. The second-order valence-electron chi connectivity index (χ2n) is 4.89. The number of hydrogen-bond donors (Lipinski definition) is 1. The number of aromatic nitrogens is 2. The van der Waals surface area contributed by atoms with Crippen molar-refractivity contribution in [1.82, 2.24) is 9.55 Å². The Morgan fingerprint density at radius 1 is 1.53 bits per heavy atom. The molecule has 96 valence electrons. The van der Waals surface area contributed by atoms with Crippen molar-refractivity contribution in [2.75, 3.05) is 11.5 Å². The summed E-state index contributed by atoms with van der Waals surface area (Å²) >= 11 is 2.08. The van der Waals surface area contributed by atoms with Crippen LogP contribution in [-0.4, -0.2) is 27.1 Å². The zero-order valence-electron chi connectivity index (χ0n) is 10.6. The van der Waals surface area contributed by atoms with Gasteiger partial charge in [-0.1, -0.05) is 0 Å². The van der Waals surface area contributed by atoms with E-state index in [0.717, 1.165) is 31.1 Å². The quantitative estimate of drug-likeness (QED) is 0.875. The van der Waals surface area contributed by atoms with Crippen molar-refractivity contribution in [2.24, 2.45) is 11.7 Å². The Kier molecular flexibility index (Phi) is 4.92.